The van der Waals surface area contributed by atoms with Gasteiger partial charge in [-0.3, -0.25) is 9.59 Å². The molecule has 1 fully saturated rings. The molecule has 0 aromatic carbocycles. The summed E-state index contributed by atoms with van der Waals surface area (Å²) in [6, 6.07) is 0. The van der Waals surface area contributed by atoms with Crippen molar-refractivity contribution in [1.82, 2.24) is 5.32 Å². The topological polar surface area (TPSA) is 101 Å². The molecule has 1 saturated carbocycles. The summed E-state index contributed by atoms with van der Waals surface area (Å²) < 4.78 is 21.7. The molecule has 6 nitrogen and oxygen atoms in total. The Morgan fingerprint density at radius 1 is 1.14 bits per heavy atom. The van der Waals surface area contributed by atoms with Crippen LogP contribution in [-0.2, 0) is 19.4 Å². The largest absolute Gasteiger partial charge is 0.481 e. The molecule has 1 rings (SSSR count). The first-order valence-corrected chi connectivity index (χ1v) is 9.13. The van der Waals surface area contributed by atoms with Crippen molar-refractivity contribution in [3.63, 3.8) is 0 Å². The van der Waals surface area contributed by atoms with Crippen LogP contribution in [0.25, 0.3) is 0 Å². The summed E-state index contributed by atoms with van der Waals surface area (Å²) in [5.41, 5.74) is -0.972. The van der Waals surface area contributed by atoms with Crippen LogP contribution < -0.4 is 5.32 Å². The highest BCUT2D eigenvalue weighted by molar-refractivity contribution is 7.92. The van der Waals surface area contributed by atoms with E-state index in [0.717, 1.165) is 31.9 Å². The predicted molar refractivity (Wildman–Crippen MR) is 79.7 cm³/mol. The lowest BCUT2D eigenvalue weighted by molar-refractivity contribution is -0.149. The van der Waals surface area contributed by atoms with Crippen LogP contribution in [0.5, 0.6) is 0 Å². The number of hydrogen-bond donors (Lipinski definition) is 2. The lowest BCUT2D eigenvalue weighted by Crippen LogP contribution is -2.51. The zero-order chi connectivity index (χ0) is 16.3. The third kappa shape index (κ3) is 3.96. The van der Waals surface area contributed by atoms with Crippen molar-refractivity contribution in [3.8, 4) is 0 Å². The number of hydrogen-bond acceptors (Lipinski definition) is 4. The van der Waals surface area contributed by atoms with E-state index in [-0.39, 0.29) is 6.54 Å². The van der Waals surface area contributed by atoms with E-state index in [4.69, 9.17) is 0 Å². The second-order valence-electron chi connectivity index (χ2n) is 6.46. The van der Waals surface area contributed by atoms with E-state index >= 15 is 0 Å². The fourth-order valence-electron chi connectivity index (χ4n) is 2.50. The molecule has 1 aliphatic carbocycles. The Morgan fingerprint density at radius 3 is 2.00 bits per heavy atom. The maximum absolute atomic E-state index is 12.1. The molecule has 0 aromatic rings. The lowest BCUT2D eigenvalue weighted by Gasteiger charge is -2.30. The number of aliphatic carboxylic acids is 1. The van der Waals surface area contributed by atoms with Crippen molar-refractivity contribution in [2.75, 3.05) is 12.8 Å². The highest BCUT2D eigenvalue weighted by Crippen LogP contribution is 2.35. The van der Waals surface area contributed by atoms with E-state index in [0.29, 0.717) is 12.8 Å². The van der Waals surface area contributed by atoms with Crippen LogP contribution >= 0.6 is 0 Å². The average molecular weight is 319 g/mol. The Hall–Kier alpha value is -1.11. The van der Waals surface area contributed by atoms with Crippen molar-refractivity contribution < 1.29 is 23.1 Å². The Balaban J connectivity index is 2.83. The molecule has 0 heterocycles. The van der Waals surface area contributed by atoms with E-state index in [9.17, 15) is 23.1 Å². The molecule has 7 heteroatoms. The van der Waals surface area contributed by atoms with E-state index in [2.05, 4.69) is 5.32 Å². The molecule has 21 heavy (non-hydrogen) atoms. The van der Waals surface area contributed by atoms with Crippen molar-refractivity contribution in [2.45, 2.75) is 57.1 Å². The second kappa shape index (κ2) is 6.34. The van der Waals surface area contributed by atoms with Crippen LogP contribution in [-0.4, -0.2) is 42.9 Å². The monoisotopic (exact) mass is 319 g/mol. The highest BCUT2D eigenvalue weighted by atomic mass is 32.2. The molecule has 1 aliphatic rings. The van der Waals surface area contributed by atoms with Crippen molar-refractivity contribution >= 4 is 21.7 Å². The molecule has 1 amide bonds. The van der Waals surface area contributed by atoms with Crippen LogP contribution in [0.1, 0.15) is 52.4 Å². The molecule has 0 aromatic heterocycles. The minimum Gasteiger partial charge on any atom is -0.481 e. The number of amides is 1. The molecular weight excluding hydrogens is 294 g/mol. The molecule has 0 unspecified atom stereocenters. The SMILES string of the molecule is CC(C)(C(=O)NCC1(C(=O)O)CCCCCC1)S(C)(=O)=O. The quantitative estimate of drug-likeness (QED) is 0.745. The molecule has 0 bridgehead atoms. The van der Waals surface area contributed by atoms with Crippen molar-refractivity contribution in [3.05, 3.63) is 0 Å². The molecule has 2 N–H and O–H groups in total. The molecule has 0 aliphatic heterocycles. The molecule has 0 radical (unpaired) electrons. The maximum atomic E-state index is 12.1. The van der Waals surface area contributed by atoms with Gasteiger partial charge in [0.2, 0.25) is 5.91 Å². The maximum Gasteiger partial charge on any atom is 0.311 e. The van der Waals surface area contributed by atoms with Gasteiger partial charge in [-0.25, -0.2) is 8.42 Å². The van der Waals surface area contributed by atoms with Gasteiger partial charge < -0.3 is 10.4 Å². The van der Waals surface area contributed by atoms with Crippen molar-refractivity contribution in [1.29, 1.82) is 0 Å². The van der Waals surface area contributed by atoms with Gasteiger partial charge in [-0.05, 0) is 26.7 Å². The number of sulfone groups is 1. The number of carbonyl (C=O) groups is 2. The van der Waals surface area contributed by atoms with Gasteiger partial charge in [0.25, 0.3) is 0 Å². The summed E-state index contributed by atoms with van der Waals surface area (Å²) >= 11 is 0. The molecular formula is C14H25NO5S. The predicted octanol–water partition coefficient (Wildman–Crippen LogP) is 1.35. The minimum atomic E-state index is -3.56. The third-order valence-electron chi connectivity index (χ3n) is 4.58. The van der Waals surface area contributed by atoms with Gasteiger partial charge in [0.1, 0.15) is 4.75 Å². The molecule has 0 saturated heterocycles. The molecule has 122 valence electrons. The molecule has 0 atom stereocenters. The Kier molecular flexibility index (Phi) is 5.41. The second-order valence-corrected chi connectivity index (χ2v) is 9.03. The summed E-state index contributed by atoms with van der Waals surface area (Å²) in [6.07, 6.45) is 5.67. The van der Waals surface area contributed by atoms with Crippen molar-refractivity contribution in [2.24, 2.45) is 5.41 Å². The zero-order valence-electron chi connectivity index (χ0n) is 12.9. The number of carbonyl (C=O) groups excluding carboxylic acids is 1. The number of nitrogens with one attached hydrogen (secondary N) is 1. The summed E-state index contributed by atoms with van der Waals surface area (Å²) in [6.45, 7) is 2.65. The zero-order valence-corrected chi connectivity index (χ0v) is 13.8. The van der Waals surface area contributed by atoms with Gasteiger partial charge in [-0.2, -0.15) is 0 Å². The Labute approximate surface area is 126 Å². The summed E-state index contributed by atoms with van der Waals surface area (Å²) in [4.78, 5) is 23.7. The number of carboxylic acid groups (broad SMARTS) is 1. The van der Waals surface area contributed by atoms with Gasteiger partial charge >= 0.3 is 5.97 Å². The van der Waals surface area contributed by atoms with Gasteiger partial charge in [-0.15, -0.1) is 0 Å². The lowest BCUT2D eigenvalue weighted by atomic mass is 9.80. The standard InChI is InChI=1S/C14H25NO5S/c1-13(2,21(3,19)20)11(16)15-10-14(12(17)18)8-6-4-5-7-9-14/h4-10H2,1-3H3,(H,15,16)(H,17,18). The summed E-state index contributed by atoms with van der Waals surface area (Å²) in [5.74, 6) is -1.56. The van der Waals surface area contributed by atoms with E-state index in [1.165, 1.54) is 13.8 Å². The smallest absolute Gasteiger partial charge is 0.311 e. The third-order valence-corrected chi connectivity index (χ3v) is 6.61. The van der Waals surface area contributed by atoms with E-state index < -0.39 is 31.9 Å². The highest BCUT2D eigenvalue weighted by Gasteiger charge is 2.42. The van der Waals surface area contributed by atoms with Gasteiger partial charge in [0.05, 0.1) is 5.41 Å². The Bertz CT molecular complexity index is 501. The van der Waals surface area contributed by atoms with Crippen LogP contribution in [0.15, 0.2) is 0 Å². The minimum absolute atomic E-state index is 0.0138. The van der Waals surface area contributed by atoms with Crippen LogP contribution in [0.3, 0.4) is 0 Å². The fourth-order valence-corrected chi connectivity index (χ4v) is 2.91. The summed E-state index contributed by atoms with van der Waals surface area (Å²) in [5, 5.41) is 12.1. The van der Waals surface area contributed by atoms with Crippen LogP contribution in [0, 0.1) is 5.41 Å². The number of carboxylic acids is 1. The number of rotatable bonds is 5. The first-order chi connectivity index (χ1) is 9.53. The van der Waals surface area contributed by atoms with Gasteiger partial charge in [0, 0.05) is 12.8 Å². The first-order valence-electron chi connectivity index (χ1n) is 7.24. The van der Waals surface area contributed by atoms with E-state index in [1.54, 1.807) is 0 Å². The van der Waals surface area contributed by atoms with Gasteiger partial charge in [0.15, 0.2) is 9.84 Å². The first kappa shape index (κ1) is 17.9. The molecule has 0 spiro atoms. The normalized spacial score (nSPS) is 19.6. The Morgan fingerprint density at radius 2 is 1.62 bits per heavy atom. The van der Waals surface area contributed by atoms with E-state index in [1.807, 2.05) is 0 Å². The van der Waals surface area contributed by atoms with Gasteiger partial charge in [-0.1, -0.05) is 25.7 Å². The summed E-state index contributed by atoms with van der Waals surface area (Å²) in [7, 11) is -3.56. The van der Waals surface area contributed by atoms with Crippen LogP contribution in [0.4, 0.5) is 0 Å². The average Bonchev–Trinajstić information content (AvgIpc) is 2.60. The van der Waals surface area contributed by atoms with Crippen LogP contribution in [0.2, 0.25) is 0 Å². The fraction of sp³-hybridized carbons (Fsp3) is 0.857.